The Labute approximate surface area is 96.8 Å². The number of halogens is 1. The average molecular weight is 268 g/mol. The van der Waals surface area contributed by atoms with Crippen molar-refractivity contribution < 1.29 is 9.53 Å². The Balaban J connectivity index is 2.75. The number of carbonyl (C=O) groups excluding carboxylic acids is 1. The maximum atomic E-state index is 11.3. The van der Waals surface area contributed by atoms with Crippen molar-refractivity contribution in [2.45, 2.75) is 17.9 Å². The Morgan fingerprint density at radius 2 is 2.07 bits per heavy atom. The number of hydrogen-bond acceptors (Lipinski definition) is 3. The molecule has 78 valence electrons. The number of esters is 1. The molecular weight excluding hydrogens is 258 g/mol. The molecule has 0 bridgehead atoms. The molecule has 3 nitrogen and oxygen atoms in total. The fraction of sp³-hybridized carbons (Fsp3) is 0.273. The van der Waals surface area contributed by atoms with Gasteiger partial charge in [0.15, 0.2) is 0 Å². The number of hydrogen-bond donors (Lipinski definition) is 0. The van der Waals surface area contributed by atoms with Gasteiger partial charge in [-0.15, -0.1) is 0 Å². The van der Waals surface area contributed by atoms with Gasteiger partial charge in [0.2, 0.25) is 6.10 Å². The van der Waals surface area contributed by atoms with Crippen molar-refractivity contribution >= 4 is 21.9 Å². The van der Waals surface area contributed by atoms with Gasteiger partial charge in [-0.25, -0.2) is 0 Å². The van der Waals surface area contributed by atoms with Crippen LogP contribution in [0.3, 0.4) is 0 Å². The molecule has 0 aliphatic carbocycles. The highest BCUT2D eigenvalue weighted by Gasteiger charge is 2.18. The topological polar surface area (TPSA) is 50.1 Å². The quantitative estimate of drug-likeness (QED) is 0.625. The van der Waals surface area contributed by atoms with Gasteiger partial charge >= 0.3 is 5.97 Å². The standard InChI is InChI=1S/C11H10BrNO2/c1-8(12)11(14)15-10(7-13)9-5-3-2-4-6-9/h2-6,8,10H,1H3. The van der Waals surface area contributed by atoms with Crippen LogP contribution in [-0.2, 0) is 9.53 Å². The van der Waals surface area contributed by atoms with E-state index < -0.39 is 16.9 Å². The number of nitriles is 1. The molecule has 0 spiro atoms. The summed E-state index contributed by atoms with van der Waals surface area (Å²) >= 11 is 3.09. The van der Waals surface area contributed by atoms with E-state index in [4.69, 9.17) is 10.00 Å². The highest BCUT2D eigenvalue weighted by atomic mass is 79.9. The largest absolute Gasteiger partial charge is 0.441 e. The predicted octanol–water partition coefficient (Wildman–Crippen LogP) is 2.58. The summed E-state index contributed by atoms with van der Waals surface area (Å²) in [6.45, 7) is 1.65. The Kier molecular flexibility index (Phi) is 4.32. The second kappa shape index (κ2) is 5.52. The van der Waals surface area contributed by atoms with E-state index in [1.54, 1.807) is 31.2 Å². The van der Waals surface area contributed by atoms with E-state index in [9.17, 15) is 4.79 Å². The first-order valence-electron chi connectivity index (χ1n) is 4.44. The lowest BCUT2D eigenvalue weighted by molar-refractivity contribution is -0.145. The molecule has 0 aliphatic heterocycles. The summed E-state index contributed by atoms with van der Waals surface area (Å²) in [5.41, 5.74) is 0.682. The van der Waals surface area contributed by atoms with E-state index in [0.29, 0.717) is 5.56 Å². The van der Waals surface area contributed by atoms with E-state index in [2.05, 4.69) is 15.9 Å². The Morgan fingerprint density at radius 3 is 2.53 bits per heavy atom. The molecule has 0 radical (unpaired) electrons. The first kappa shape index (κ1) is 11.7. The van der Waals surface area contributed by atoms with Gasteiger partial charge in [0.05, 0.1) is 0 Å². The summed E-state index contributed by atoms with van der Waals surface area (Å²) in [6, 6.07) is 10.9. The molecule has 0 amide bonds. The fourth-order valence-electron chi connectivity index (χ4n) is 1.01. The van der Waals surface area contributed by atoms with Crippen LogP contribution in [0.1, 0.15) is 18.6 Å². The minimum absolute atomic E-state index is 0.405. The molecule has 0 N–H and O–H groups in total. The third kappa shape index (κ3) is 3.37. The highest BCUT2D eigenvalue weighted by Crippen LogP contribution is 2.17. The molecule has 4 heteroatoms. The zero-order chi connectivity index (χ0) is 11.3. The number of nitrogens with zero attached hydrogens (tertiary/aromatic N) is 1. The van der Waals surface area contributed by atoms with Crippen LogP contribution in [0.5, 0.6) is 0 Å². The summed E-state index contributed by atoms with van der Waals surface area (Å²) < 4.78 is 5.00. The summed E-state index contributed by atoms with van der Waals surface area (Å²) in [4.78, 5) is 10.9. The SMILES string of the molecule is CC(Br)C(=O)OC(C#N)c1ccccc1. The van der Waals surface area contributed by atoms with Gasteiger partial charge in [-0.1, -0.05) is 46.3 Å². The van der Waals surface area contributed by atoms with Gasteiger partial charge in [0.1, 0.15) is 10.9 Å². The van der Waals surface area contributed by atoms with Crippen LogP contribution in [0, 0.1) is 11.3 Å². The van der Waals surface area contributed by atoms with Crippen molar-refractivity contribution in [1.82, 2.24) is 0 Å². The molecule has 1 aromatic carbocycles. The van der Waals surface area contributed by atoms with E-state index in [1.165, 1.54) is 0 Å². The zero-order valence-electron chi connectivity index (χ0n) is 8.18. The van der Waals surface area contributed by atoms with Gasteiger partial charge in [0.25, 0.3) is 0 Å². The van der Waals surface area contributed by atoms with Crippen LogP contribution in [-0.4, -0.2) is 10.8 Å². The molecule has 1 rings (SSSR count). The van der Waals surface area contributed by atoms with Gasteiger partial charge in [-0.05, 0) is 6.92 Å². The van der Waals surface area contributed by atoms with Crippen molar-refractivity contribution in [2.24, 2.45) is 0 Å². The summed E-state index contributed by atoms with van der Waals surface area (Å²) in [5.74, 6) is -0.439. The number of alkyl halides is 1. The summed E-state index contributed by atoms with van der Waals surface area (Å²) in [5, 5.41) is 8.87. The molecule has 0 saturated carbocycles. The lowest BCUT2D eigenvalue weighted by Gasteiger charge is -2.11. The fourth-order valence-corrected chi connectivity index (χ4v) is 1.11. The van der Waals surface area contributed by atoms with Crippen LogP contribution in [0.4, 0.5) is 0 Å². The third-order valence-corrected chi connectivity index (χ3v) is 2.15. The highest BCUT2D eigenvalue weighted by molar-refractivity contribution is 9.10. The zero-order valence-corrected chi connectivity index (χ0v) is 9.77. The maximum absolute atomic E-state index is 11.3. The monoisotopic (exact) mass is 267 g/mol. The van der Waals surface area contributed by atoms with Crippen LogP contribution in [0.2, 0.25) is 0 Å². The van der Waals surface area contributed by atoms with E-state index in [0.717, 1.165) is 0 Å². The number of carbonyl (C=O) groups is 1. The van der Waals surface area contributed by atoms with E-state index in [-0.39, 0.29) is 0 Å². The minimum Gasteiger partial charge on any atom is -0.441 e. The molecule has 0 fully saturated rings. The molecule has 0 heterocycles. The molecule has 2 unspecified atom stereocenters. The Bertz CT molecular complexity index is 370. The van der Waals surface area contributed by atoms with E-state index >= 15 is 0 Å². The van der Waals surface area contributed by atoms with Crippen molar-refractivity contribution in [3.8, 4) is 6.07 Å². The predicted molar refractivity (Wildman–Crippen MR) is 59.3 cm³/mol. The number of ether oxygens (including phenoxy) is 1. The smallest absolute Gasteiger partial charge is 0.321 e. The summed E-state index contributed by atoms with van der Waals surface area (Å²) in [7, 11) is 0. The number of rotatable bonds is 3. The maximum Gasteiger partial charge on any atom is 0.321 e. The van der Waals surface area contributed by atoms with Gasteiger partial charge in [-0.3, -0.25) is 4.79 Å². The molecular formula is C11H10BrNO2. The van der Waals surface area contributed by atoms with Crippen molar-refractivity contribution in [3.05, 3.63) is 35.9 Å². The first-order chi connectivity index (χ1) is 7.15. The Hall–Kier alpha value is -1.34. The molecule has 0 aromatic heterocycles. The van der Waals surface area contributed by atoms with E-state index in [1.807, 2.05) is 12.1 Å². The normalized spacial score (nSPS) is 13.7. The Morgan fingerprint density at radius 1 is 1.47 bits per heavy atom. The molecule has 15 heavy (non-hydrogen) atoms. The molecule has 2 atom stereocenters. The van der Waals surface area contributed by atoms with Gasteiger partial charge in [0, 0.05) is 5.56 Å². The molecule has 1 aromatic rings. The van der Waals surface area contributed by atoms with Crippen LogP contribution in [0.25, 0.3) is 0 Å². The average Bonchev–Trinajstić information content (AvgIpc) is 2.26. The minimum atomic E-state index is -0.835. The van der Waals surface area contributed by atoms with Crippen LogP contribution < -0.4 is 0 Å². The van der Waals surface area contributed by atoms with Crippen molar-refractivity contribution in [1.29, 1.82) is 5.26 Å². The van der Waals surface area contributed by atoms with Crippen molar-refractivity contribution in [2.75, 3.05) is 0 Å². The van der Waals surface area contributed by atoms with Crippen molar-refractivity contribution in [3.63, 3.8) is 0 Å². The lowest BCUT2D eigenvalue weighted by atomic mass is 10.1. The lowest BCUT2D eigenvalue weighted by Crippen LogP contribution is -2.17. The molecule has 0 saturated heterocycles. The first-order valence-corrected chi connectivity index (χ1v) is 5.36. The van der Waals surface area contributed by atoms with Crippen LogP contribution >= 0.6 is 15.9 Å². The van der Waals surface area contributed by atoms with Crippen LogP contribution in [0.15, 0.2) is 30.3 Å². The molecule has 0 aliphatic rings. The second-order valence-corrected chi connectivity index (χ2v) is 4.35. The number of benzene rings is 1. The van der Waals surface area contributed by atoms with Gasteiger partial charge < -0.3 is 4.74 Å². The second-order valence-electron chi connectivity index (χ2n) is 2.97. The summed E-state index contributed by atoms with van der Waals surface area (Å²) in [6.07, 6.45) is -0.835. The van der Waals surface area contributed by atoms with Gasteiger partial charge in [-0.2, -0.15) is 5.26 Å². The third-order valence-electron chi connectivity index (χ3n) is 1.78.